The lowest BCUT2D eigenvalue weighted by Crippen LogP contribution is -2.35. The number of amides is 2. The second-order valence-electron chi connectivity index (χ2n) is 11.5. The van der Waals surface area contributed by atoms with Gasteiger partial charge in [-0.3, -0.25) is 19.4 Å². The largest absolute Gasteiger partial charge is 0.481 e. The quantitative estimate of drug-likeness (QED) is 0.322. The first-order valence-electron chi connectivity index (χ1n) is 13.9. The molecule has 3 rings (SSSR count). The smallest absolute Gasteiger partial charge is 0.305 e. The highest BCUT2D eigenvalue weighted by molar-refractivity contribution is 6.46. The van der Waals surface area contributed by atoms with Gasteiger partial charge in [0.05, 0.1) is 12.5 Å². The number of carbonyl (C=O) groups is 3. The summed E-state index contributed by atoms with van der Waals surface area (Å²) in [4.78, 5) is 42.3. The van der Waals surface area contributed by atoms with E-state index in [1.165, 1.54) is 6.42 Å². The van der Waals surface area contributed by atoms with E-state index in [1.54, 1.807) is 42.3 Å². The number of methoxy groups -OCH3 is 1. The van der Waals surface area contributed by atoms with Crippen LogP contribution < -0.4 is 5.32 Å². The van der Waals surface area contributed by atoms with E-state index in [9.17, 15) is 14.4 Å². The third kappa shape index (κ3) is 13.3. The first-order chi connectivity index (χ1) is 19.2. The number of rotatable bonds is 10. The third-order valence-corrected chi connectivity index (χ3v) is 5.53. The van der Waals surface area contributed by atoms with Crippen LogP contribution in [0.1, 0.15) is 93.9 Å². The maximum Gasteiger partial charge on any atom is 0.305 e. The average molecular weight is 588 g/mol. The normalized spacial score (nSPS) is 13.3. The summed E-state index contributed by atoms with van der Waals surface area (Å²) in [6.45, 7) is 15.6. The van der Waals surface area contributed by atoms with Gasteiger partial charge in [0.25, 0.3) is 11.8 Å². The zero-order valence-electron chi connectivity index (χ0n) is 25.7. The summed E-state index contributed by atoms with van der Waals surface area (Å²) in [6.07, 6.45) is 1.66. The summed E-state index contributed by atoms with van der Waals surface area (Å²) in [5, 5.41) is 11.8. The molecule has 2 aromatic carbocycles. The first kappa shape index (κ1) is 35.8. The second kappa shape index (κ2) is 17.6. The number of nitrogens with one attached hydrogen (secondary N) is 1. The van der Waals surface area contributed by atoms with Crippen LogP contribution in [0, 0.1) is 12.3 Å². The molecule has 1 heterocycles. The summed E-state index contributed by atoms with van der Waals surface area (Å²) in [6, 6.07) is 12.1. The van der Waals surface area contributed by atoms with Gasteiger partial charge in [-0.25, -0.2) is 0 Å². The number of aryl methyl sites for hydroxylation is 1. The molecule has 0 radical (unpaired) electrons. The van der Waals surface area contributed by atoms with Crippen LogP contribution in [0.2, 0.25) is 5.02 Å². The maximum atomic E-state index is 13.3. The number of carboxylic acid groups (broad SMARTS) is 1. The molecule has 0 saturated heterocycles. The third-order valence-electron chi connectivity index (χ3n) is 5.31. The van der Waals surface area contributed by atoms with Crippen LogP contribution in [0.4, 0.5) is 0 Å². The van der Waals surface area contributed by atoms with Crippen molar-refractivity contribution in [2.45, 2.75) is 73.8 Å². The van der Waals surface area contributed by atoms with Gasteiger partial charge in [-0.15, -0.1) is 0 Å². The van der Waals surface area contributed by atoms with E-state index in [0.29, 0.717) is 40.3 Å². The molecule has 9 heteroatoms. The van der Waals surface area contributed by atoms with Crippen molar-refractivity contribution in [3.63, 3.8) is 0 Å². The lowest BCUT2D eigenvalue weighted by Gasteiger charge is -2.27. The molecule has 8 nitrogen and oxygen atoms in total. The fourth-order valence-electron chi connectivity index (χ4n) is 3.72. The van der Waals surface area contributed by atoms with Gasteiger partial charge in [-0.05, 0) is 60.2 Å². The number of carboxylic acids is 1. The van der Waals surface area contributed by atoms with Crippen molar-refractivity contribution in [2.24, 2.45) is 10.4 Å². The van der Waals surface area contributed by atoms with Gasteiger partial charge < -0.3 is 20.1 Å². The molecule has 2 N–H and O–H groups in total. The number of carbonyl (C=O) groups excluding carboxylic acids is 2. The molecule has 1 atom stereocenters. The molecule has 0 saturated carbocycles. The molecule has 0 aromatic heterocycles. The lowest BCUT2D eigenvalue weighted by molar-refractivity contribution is -0.136. The predicted molar refractivity (Wildman–Crippen MR) is 166 cm³/mol. The Hall–Kier alpha value is -3.23. The van der Waals surface area contributed by atoms with Crippen molar-refractivity contribution in [3.05, 3.63) is 69.7 Å². The molecule has 0 aliphatic carbocycles. The van der Waals surface area contributed by atoms with Gasteiger partial charge in [-0.2, -0.15) is 0 Å². The Morgan fingerprint density at radius 2 is 1.71 bits per heavy atom. The van der Waals surface area contributed by atoms with E-state index >= 15 is 0 Å². The standard InChI is InChI=1S/C24H26ClN3O5.C5H12.C3H8/c1-15-11-18(13-19(25)12-15)22-24(32)28(14-27-22)20(8-10-33-2)16-3-5-17(6-4-16)23(31)26-9-7-21(29)30;1-5(2,3)4;1-3-2/h3-6,11-13,20H,7-10,14H2,1-2H3,(H,26,31)(H,29,30);1-4H3;3H2,1-2H3. The van der Waals surface area contributed by atoms with E-state index in [2.05, 4.69) is 51.9 Å². The number of hydrogen-bond donors (Lipinski definition) is 2. The molecule has 0 spiro atoms. The molecule has 0 fully saturated rings. The number of nitrogens with zero attached hydrogens (tertiary/aromatic N) is 2. The number of aliphatic carboxylic acids is 1. The Balaban J connectivity index is 0.000000930. The van der Waals surface area contributed by atoms with Crippen molar-refractivity contribution < 1.29 is 24.2 Å². The van der Waals surface area contributed by atoms with Gasteiger partial charge in [0.1, 0.15) is 12.4 Å². The van der Waals surface area contributed by atoms with Crippen LogP contribution in [0.3, 0.4) is 0 Å². The molecule has 41 heavy (non-hydrogen) atoms. The SMILES string of the molecule is CC(C)(C)C.CCC.COCCC(c1ccc(C(=O)NCCC(=O)O)cc1)N1CN=C(c2cc(C)cc(Cl)c2)C1=O. The minimum Gasteiger partial charge on any atom is -0.481 e. The molecular formula is C32H46ClN3O5. The van der Waals surface area contributed by atoms with E-state index in [1.807, 2.05) is 19.1 Å². The molecule has 1 aliphatic heterocycles. The van der Waals surface area contributed by atoms with Crippen molar-refractivity contribution in [1.29, 1.82) is 0 Å². The van der Waals surface area contributed by atoms with Crippen LogP contribution in [-0.2, 0) is 14.3 Å². The van der Waals surface area contributed by atoms with Gasteiger partial charge in [0.2, 0.25) is 0 Å². The number of hydrogen-bond acceptors (Lipinski definition) is 5. The van der Waals surface area contributed by atoms with E-state index in [4.69, 9.17) is 21.4 Å². The number of aliphatic imine (C=N–C) groups is 1. The predicted octanol–water partition coefficient (Wildman–Crippen LogP) is 6.69. The Morgan fingerprint density at radius 3 is 2.22 bits per heavy atom. The molecule has 226 valence electrons. The lowest BCUT2D eigenvalue weighted by atomic mass is 9.99. The molecular weight excluding hydrogens is 542 g/mol. The zero-order valence-corrected chi connectivity index (χ0v) is 26.5. The van der Waals surface area contributed by atoms with E-state index in [-0.39, 0.29) is 37.5 Å². The topological polar surface area (TPSA) is 108 Å². The number of ether oxygens (including phenoxy) is 1. The first-order valence-corrected chi connectivity index (χ1v) is 14.3. The fourth-order valence-corrected chi connectivity index (χ4v) is 4.01. The van der Waals surface area contributed by atoms with Gasteiger partial charge in [0, 0.05) is 36.4 Å². The molecule has 2 amide bonds. The highest BCUT2D eigenvalue weighted by Crippen LogP contribution is 2.29. The highest BCUT2D eigenvalue weighted by Gasteiger charge is 2.33. The average Bonchev–Trinajstić information content (AvgIpc) is 3.24. The monoisotopic (exact) mass is 587 g/mol. The molecule has 2 aromatic rings. The minimum absolute atomic E-state index is 0.0533. The fraction of sp³-hybridized carbons (Fsp3) is 0.500. The van der Waals surface area contributed by atoms with Crippen LogP contribution in [0.25, 0.3) is 0 Å². The molecule has 1 aliphatic rings. The van der Waals surface area contributed by atoms with Crippen molar-refractivity contribution >= 4 is 35.1 Å². The molecule has 0 bridgehead atoms. The highest BCUT2D eigenvalue weighted by atomic mass is 35.5. The van der Waals surface area contributed by atoms with Crippen molar-refractivity contribution in [1.82, 2.24) is 10.2 Å². The zero-order chi connectivity index (χ0) is 31.2. The summed E-state index contributed by atoms with van der Waals surface area (Å²) < 4.78 is 5.25. The number of benzene rings is 2. The Bertz CT molecular complexity index is 1150. The van der Waals surface area contributed by atoms with Gasteiger partial charge >= 0.3 is 5.97 Å². The Labute approximate surface area is 250 Å². The van der Waals surface area contributed by atoms with Gasteiger partial charge in [-0.1, -0.05) is 71.7 Å². The van der Waals surface area contributed by atoms with Crippen LogP contribution in [0.15, 0.2) is 47.5 Å². The van der Waals surface area contributed by atoms with Crippen molar-refractivity contribution in [3.8, 4) is 0 Å². The summed E-state index contributed by atoms with van der Waals surface area (Å²) in [7, 11) is 1.60. The van der Waals surface area contributed by atoms with Crippen LogP contribution in [0.5, 0.6) is 0 Å². The van der Waals surface area contributed by atoms with Gasteiger partial charge in [0.15, 0.2) is 0 Å². The Kier molecular flexibility index (Phi) is 15.3. The summed E-state index contributed by atoms with van der Waals surface area (Å²) in [5.74, 6) is -1.51. The van der Waals surface area contributed by atoms with Crippen molar-refractivity contribution in [2.75, 3.05) is 26.9 Å². The Morgan fingerprint density at radius 1 is 1.12 bits per heavy atom. The number of halogens is 1. The van der Waals surface area contributed by atoms with Crippen LogP contribution >= 0.6 is 11.6 Å². The minimum atomic E-state index is -0.976. The summed E-state index contributed by atoms with van der Waals surface area (Å²) >= 11 is 6.17. The summed E-state index contributed by atoms with van der Waals surface area (Å²) in [5.41, 5.74) is 3.76. The van der Waals surface area contributed by atoms with E-state index in [0.717, 1.165) is 11.1 Å². The maximum absolute atomic E-state index is 13.3. The van der Waals surface area contributed by atoms with Crippen LogP contribution in [-0.4, -0.2) is 60.4 Å². The van der Waals surface area contributed by atoms with E-state index < -0.39 is 5.97 Å². The second-order valence-corrected chi connectivity index (χ2v) is 11.9. The molecule has 1 unspecified atom stereocenters.